The number of nitrogens with one attached hydrogen (secondary N) is 3. The predicted octanol–water partition coefficient (Wildman–Crippen LogP) is 2.65. The van der Waals surface area contributed by atoms with Crippen molar-refractivity contribution in [2.24, 2.45) is 0 Å². The van der Waals surface area contributed by atoms with Gasteiger partial charge in [-0.15, -0.1) is 0 Å². The van der Waals surface area contributed by atoms with E-state index in [-0.39, 0.29) is 30.8 Å². The van der Waals surface area contributed by atoms with Crippen molar-refractivity contribution in [3.63, 3.8) is 0 Å². The number of rotatable bonds is 7. The highest BCUT2D eigenvalue weighted by Crippen LogP contribution is 2.30. The van der Waals surface area contributed by atoms with Crippen molar-refractivity contribution in [3.8, 4) is 11.1 Å². The zero-order chi connectivity index (χ0) is 21.0. The molecule has 0 aliphatic heterocycles. The van der Waals surface area contributed by atoms with E-state index in [0.717, 1.165) is 27.7 Å². The molecule has 1 aromatic carbocycles. The van der Waals surface area contributed by atoms with Crippen LogP contribution in [-0.2, 0) is 4.79 Å². The van der Waals surface area contributed by atoms with E-state index < -0.39 is 0 Å². The third kappa shape index (κ3) is 4.71. The number of nitrogens with zero attached hydrogens (tertiary/aromatic N) is 3. The molecule has 3 aromatic rings. The van der Waals surface area contributed by atoms with Gasteiger partial charge in [-0.1, -0.05) is 6.07 Å². The summed E-state index contributed by atoms with van der Waals surface area (Å²) in [6.07, 6.45) is 5.40. The van der Waals surface area contributed by atoms with Crippen molar-refractivity contribution in [1.82, 2.24) is 25.4 Å². The second-order valence-corrected chi connectivity index (χ2v) is 7.36. The second-order valence-electron chi connectivity index (χ2n) is 7.36. The number of aromatic nitrogens is 3. The van der Waals surface area contributed by atoms with Crippen molar-refractivity contribution in [1.29, 1.82) is 0 Å². The Bertz CT molecular complexity index is 1010. The lowest BCUT2D eigenvalue weighted by Gasteiger charge is -2.18. The molecular formula is C21H26N6O2. The van der Waals surface area contributed by atoms with E-state index in [4.69, 9.17) is 0 Å². The van der Waals surface area contributed by atoms with E-state index >= 15 is 0 Å². The van der Waals surface area contributed by atoms with Gasteiger partial charge in [0.1, 0.15) is 0 Å². The molecule has 29 heavy (non-hydrogen) atoms. The summed E-state index contributed by atoms with van der Waals surface area (Å²) < 4.78 is 0. The van der Waals surface area contributed by atoms with E-state index in [0.29, 0.717) is 5.56 Å². The van der Waals surface area contributed by atoms with E-state index in [1.807, 2.05) is 38.2 Å². The first-order valence-corrected chi connectivity index (χ1v) is 9.53. The van der Waals surface area contributed by atoms with Gasteiger partial charge < -0.3 is 15.5 Å². The van der Waals surface area contributed by atoms with Crippen molar-refractivity contribution >= 4 is 28.4 Å². The average Bonchev–Trinajstić information content (AvgIpc) is 3.22. The number of hydrogen-bond acceptors (Lipinski definition) is 5. The largest absolute Gasteiger partial charge is 0.382 e. The van der Waals surface area contributed by atoms with Crippen molar-refractivity contribution < 1.29 is 9.59 Å². The number of carbonyl (C=O) groups is 2. The van der Waals surface area contributed by atoms with Gasteiger partial charge in [-0.05, 0) is 31.5 Å². The standard InChI is InChI=1S/C21H26N6O2/c1-13(2)26-20-16-9-14(15-10-24-25-11-15)5-6-18(16)23-12-17(20)21(29)22-8-7-19(28)27(3)4/h5-6,9-13H,7-8H2,1-4H3,(H,22,29)(H,23,26)(H,24,25). The molecule has 0 atom stereocenters. The Morgan fingerprint density at radius 2 is 1.97 bits per heavy atom. The average molecular weight is 394 g/mol. The third-order valence-electron chi connectivity index (χ3n) is 4.50. The molecule has 8 nitrogen and oxygen atoms in total. The van der Waals surface area contributed by atoms with Crippen LogP contribution in [0.1, 0.15) is 30.6 Å². The van der Waals surface area contributed by atoms with E-state index in [1.54, 1.807) is 26.5 Å². The topological polar surface area (TPSA) is 103 Å². The monoisotopic (exact) mass is 394 g/mol. The Morgan fingerprint density at radius 3 is 2.62 bits per heavy atom. The van der Waals surface area contributed by atoms with Crippen LogP contribution in [0.5, 0.6) is 0 Å². The molecule has 0 bridgehead atoms. The first-order chi connectivity index (χ1) is 13.9. The molecular weight excluding hydrogens is 368 g/mol. The summed E-state index contributed by atoms with van der Waals surface area (Å²) in [6.45, 7) is 4.30. The maximum atomic E-state index is 12.8. The van der Waals surface area contributed by atoms with Crippen LogP contribution in [-0.4, -0.2) is 58.6 Å². The van der Waals surface area contributed by atoms with Crippen molar-refractivity contribution in [2.75, 3.05) is 26.0 Å². The smallest absolute Gasteiger partial charge is 0.254 e. The Morgan fingerprint density at radius 1 is 1.17 bits per heavy atom. The Labute approximate surface area is 169 Å². The summed E-state index contributed by atoms with van der Waals surface area (Å²) in [6, 6.07) is 6.04. The predicted molar refractivity (Wildman–Crippen MR) is 114 cm³/mol. The van der Waals surface area contributed by atoms with Gasteiger partial charge in [-0.25, -0.2) is 0 Å². The van der Waals surface area contributed by atoms with Crippen LogP contribution < -0.4 is 10.6 Å². The number of pyridine rings is 1. The zero-order valence-corrected chi connectivity index (χ0v) is 17.1. The molecule has 0 aliphatic carbocycles. The third-order valence-corrected chi connectivity index (χ3v) is 4.50. The van der Waals surface area contributed by atoms with Gasteiger partial charge in [0.25, 0.3) is 5.91 Å². The molecule has 0 radical (unpaired) electrons. The molecule has 3 N–H and O–H groups in total. The molecule has 0 saturated heterocycles. The highest BCUT2D eigenvalue weighted by molar-refractivity contribution is 6.08. The maximum Gasteiger partial charge on any atom is 0.254 e. The maximum absolute atomic E-state index is 12.8. The van der Waals surface area contributed by atoms with Crippen molar-refractivity contribution in [3.05, 3.63) is 42.4 Å². The first-order valence-electron chi connectivity index (χ1n) is 9.53. The summed E-state index contributed by atoms with van der Waals surface area (Å²) in [5.41, 5.74) is 3.91. The number of H-pyrrole nitrogens is 1. The molecule has 0 unspecified atom stereocenters. The van der Waals surface area contributed by atoms with Crippen LogP contribution in [0.25, 0.3) is 22.0 Å². The quantitative estimate of drug-likeness (QED) is 0.572. The molecule has 0 fully saturated rings. The van der Waals surface area contributed by atoms with Gasteiger partial charge in [0.15, 0.2) is 0 Å². The Kier molecular flexibility index (Phi) is 6.11. The highest BCUT2D eigenvalue weighted by Gasteiger charge is 2.17. The molecule has 2 amide bonds. The second kappa shape index (κ2) is 8.72. The van der Waals surface area contributed by atoms with Crippen LogP contribution >= 0.6 is 0 Å². The number of fused-ring (bicyclic) bond motifs is 1. The van der Waals surface area contributed by atoms with E-state index in [1.165, 1.54) is 4.90 Å². The number of amides is 2. The molecule has 0 spiro atoms. The summed E-state index contributed by atoms with van der Waals surface area (Å²) in [7, 11) is 3.39. The number of anilines is 1. The van der Waals surface area contributed by atoms with Crippen LogP contribution in [0.2, 0.25) is 0 Å². The summed E-state index contributed by atoms with van der Waals surface area (Å²) in [5.74, 6) is -0.296. The number of aromatic amines is 1. The molecule has 0 saturated carbocycles. The van der Waals surface area contributed by atoms with Gasteiger partial charge >= 0.3 is 0 Å². The van der Waals surface area contributed by atoms with Gasteiger partial charge in [0, 0.05) is 56.4 Å². The SMILES string of the molecule is CC(C)Nc1c(C(=O)NCCC(=O)N(C)C)cnc2ccc(-c3cn[nH]c3)cc12. The van der Waals surface area contributed by atoms with E-state index in [2.05, 4.69) is 25.8 Å². The summed E-state index contributed by atoms with van der Waals surface area (Å²) >= 11 is 0. The molecule has 152 valence electrons. The minimum atomic E-state index is -0.261. The normalized spacial score (nSPS) is 10.9. The fourth-order valence-electron chi connectivity index (χ4n) is 3.00. The lowest BCUT2D eigenvalue weighted by molar-refractivity contribution is -0.128. The minimum Gasteiger partial charge on any atom is -0.382 e. The van der Waals surface area contributed by atoms with Crippen LogP contribution in [0, 0.1) is 0 Å². The van der Waals surface area contributed by atoms with Crippen LogP contribution in [0.3, 0.4) is 0 Å². The summed E-state index contributed by atoms with van der Waals surface area (Å²) in [4.78, 5) is 30.5. The number of hydrogen-bond donors (Lipinski definition) is 3. The Balaban J connectivity index is 1.95. The lowest BCUT2D eigenvalue weighted by Crippen LogP contribution is -2.31. The van der Waals surface area contributed by atoms with Gasteiger partial charge in [-0.2, -0.15) is 5.10 Å². The van der Waals surface area contributed by atoms with Gasteiger partial charge in [-0.3, -0.25) is 19.7 Å². The zero-order valence-electron chi connectivity index (χ0n) is 17.1. The van der Waals surface area contributed by atoms with Gasteiger partial charge in [0.2, 0.25) is 5.91 Å². The molecule has 2 aromatic heterocycles. The van der Waals surface area contributed by atoms with Crippen molar-refractivity contribution in [2.45, 2.75) is 26.3 Å². The molecule has 2 heterocycles. The minimum absolute atomic E-state index is 0.0350. The summed E-state index contributed by atoms with van der Waals surface area (Å²) in [5, 5.41) is 13.9. The van der Waals surface area contributed by atoms with Crippen LogP contribution in [0.4, 0.5) is 5.69 Å². The van der Waals surface area contributed by atoms with Gasteiger partial charge in [0.05, 0.1) is 23.0 Å². The molecule has 0 aliphatic rings. The number of carbonyl (C=O) groups excluding carboxylic acids is 2. The van der Waals surface area contributed by atoms with E-state index in [9.17, 15) is 9.59 Å². The molecule has 3 rings (SSSR count). The Hall–Kier alpha value is -3.42. The molecule has 8 heteroatoms. The highest BCUT2D eigenvalue weighted by atomic mass is 16.2. The fraction of sp³-hybridized carbons (Fsp3) is 0.333. The number of benzene rings is 1. The lowest BCUT2D eigenvalue weighted by atomic mass is 10.0. The first kappa shape index (κ1) is 20.3. The fourth-order valence-corrected chi connectivity index (χ4v) is 3.00. The van der Waals surface area contributed by atoms with Crippen LogP contribution in [0.15, 0.2) is 36.8 Å².